The molecule has 0 bridgehead atoms. The fourth-order valence-electron chi connectivity index (χ4n) is 2.29. The lowest BCUT2D eigenvalue weighted by Gasteiger charge is -2.34. The lowest BCUT2D eigenvalue weighted by molar-refractivity contribution is 0.0639. The second-order valence-electron chi connectivity index (χ2n) is 4.67. The second-order valence-corrected chi connectivity index (χ2v) is 4.98. The second kappa shape index (κ2) is 5.54. The fourth-order valence-corrected chi connectivity index (χ4v) is 2.61. The molecular formula is C14H18ClNO. The van der Waals surface area contributed by atoms with Crippen LogP contribution in [-0.4, -0.2) is 29.3 Å². The number of alkyl halides is 1. The lowest BCUT2D eigenvalue weighted by atomic mass is 10.0. The van der Waals surface area contributed by atoms with Crippen LogP contribution in [0.15, 0.2) is 24.3 Å². The Morgan fingerprint density at radius 1 is 1.35 bits per heavy atom. The molecule has 1 aromatic rings. The maximum absolute atomic E-state index is 12.3. The van der Waals surface area contributed by atoms with E-state index in [9.17, 15) is 4.79 Å². The van der Waals surface area contributed by atoms with E-state index in [1.165, 1.54) is 12.0 Å². The van der Waals surface area contributed by atoms with Gasteiger partial charge in [0.05, 0.1) is 0 Å². The van der Waals surface area contributed by atoms with Crippen LogP contribution in [0.25, 0.3) is 0 Å². The molecule has 1 fully saturated rings. The number of rotatable bonds is 2. The maximum atomic E-state index is 12.3. The molecule has 1 atom stereocenters. The number of piperidine rings is 1. The number of hydrogen-bond acceptors (Lipinski definition) is 1. The third-order valence-corrected chi connectivity index (χ3v) is 3.72. The van der Waals surface area contributed by atoms with Crippen LogP contribution in [0.2, 0.25) is 0 Å². The van der Waals surface area contributed by atoms with E-state index >= 15 is 0 Å². The van der Waals surface area contributed by atoms with Crippen molar-refractivity contribution in [2.45, 2.75) is 32.2 Å². The quantitative estimate of drug-likeness (QED) is 0.739. The number of carbonyl (C=O) groups excluding carboxylic acids is 1. The van der Waals surface area contributed by atoms with Crippen molar-refractivity contribution in [1.29, 1.82) is 0 Å². The SMILES string of the molecule is Cc1ccc(C(=O)N2CCCCC2CCl)cc1. The highest BCUT2D eigenvalue weighted by atomic mass is 35.5. The summed E-state index contributed by atoms with van der Waals surface area (Å²) in [5, 5.41) is 0. The van der Waals surface area contributed by atoms with Gasteiger partial charge in [0.1, 0.15) is 0 Å². The first-order chi connectivity index (χ1) is 8.22. The molecule has 92 valence electrons. The largest absolute Gasteiger partial charge is 0.334 e. The van der Waals surface area contributed by atoms with Crippen LogP contribution >= 0.6 is 11.6 Å². The van der Waals surface area contributed by atoms with Crippen molar-refractivity contribution in [3.05, 3.63) is 35.4 Å². The van der Waals surface area contributed by atoms with Crippen LogP contribution in [-0.2, 0) is 0 Å². The summed E-state index contributed by atoms with van der Waals surface area (Å²) in [6.45, 7) is 2.86. The summed E-state index contributed by atoms with van der Waals surface area (Å²) < 4.78 is 0. The molecule has 17 heavy (non-hydrogen) atoms. The molecule has 1 aromatic carbocycles. The molecule has 1 aliphatic heterocycles. The molecule has 1 aliphatic rings. The van der Waals surface area contributed by atoms with Gasteiger partial charge in [-0.1, -0.05) is 17.7 Å². The Balaban J connectivity index is 2.15. The Hall–Kier alpha value is -1.02. The highest BCUT2D eigenvalue weighted by Gasteiger charge is 2.26. The number of hydrogen-bond donors (Lipinski definition) is 0. The standard InChI is InChI=1S/C14H18ClNO/c1-11-5-7-12(8-6-11)14(17)16-9-3-2-4-13(16)10-15/h5-8,13H,2-4,9-10H2,1H3. The molecule has 0 radical (unpaired) electrons. The molecule has 0 saturated carbocycles. The minimum atomic E-state index is 0.121. The normalized spacial score (nSPS) is 20.4. The van der Waals surface area contributed by atoms with Crippen LogP contribution in [0.5, 0.6) is 0 Å². The molecule has 1 heterocycles. The van der Waals surface area contributed by atoms with Gasteiger partial charge in [0.25, 0.3) is 5.91 Å². The molecule has 1 unspecified atom stereocenters. The number of nitrogens with zero attached hydrogens (tertiary/aromatic N) is 1. The van der Waals surface area contributed by atoms with Crippen molar-refractivity contribution in [1.82, 2.24) is 4.90 Å². The minimum Gasteiger partial charge on any atom is -0.334 e. The van der Waals surface area contributed by atoms with Gasteiger partial charge in [0, 0.05) is 24.0 Å². The number of benzene rings is 1. The summed E-state index contributed by atoms with van der Waals surface area (Å²) in [6, 6.07) is 7.97. The number of amides is 1. The van der Waals surface area contributed by atoms with Crippen LogP contribution in [0.3, 0.4) is 0 Å². The van der Waals surface area contributed by atoms with Gasteiger partial charge in [-0.3, -0.25) is 4.79 Å². The van der Waals surface area contributed by atoms with E-state index < -0.39 is 0 Å². The minimum absolute atomic E-state index is 0.121. The average Bonchev–Trinajstić information content (AvgIpc) is 2.39. The van der Waals surface area contributed by atoms with Gasteiger partial charge < -0.3 is 4.90 Å². The molecule has 0 N–H and O–H groups in total. The predicted molar refractivity (Wildman–Crippen MR) is 70.6 cm³/mol. The molecule has 0 aromatic heterocycles. The third-order valence-electron chi connectivity index (χ3n) is 3.36. The summed E-state index contributed by atoms with van der Waals surface area (Å²) >= 11 is 5.94. The number of aryl methyl sites for hydroxylation is 1. The van der Waals surface area contributed by atoms with Gasteiger partial charge in [-0.25, -0.2) is 0 Å². The van der Waals surface area contributed by atoms with Gasteiger partial charge in [0.15, 0.2) is 0 Å². The highest BCUT2D eigenvalue weighted by Crippen LogP contribution is 2.20. The van der Waals surface area contributed by atoms with E-state index in [0.717, 1.165) is 24.9 Å². The van der Waals surface area contributed by atoms with Crippen LogP contribution in [0.4, 0.5) is 0 Å². The monoisotopic (exact) mass is 251 g/mol. The molecule has 3 heteroatoms. The summed E-state index contributed by atoms with van der Waals surface area (Å²) in [5.74, 6) is 0.660. The molecule has 1 amide bonds. The molecule has 2 nitrogen and oxygen atoms in total. The fraction of sp³-hybridized carbons (Fsp3) is 0.500. The zero-order valence-electron chi connectivity index (χ0n) is 10.2. The van der Waals surface area contributed by atoms with Crippen LogP contribution in [0, 0.1) is 6.92 Å². The van der Waals surface area contributed by atoms with Crippen molar-refractivity contribution < 1.29 is 4.79 Å². The predicted octanol–water partition coefficient (Wildman–Crippen LogP) is 3.23. The van der Waals surface area contributed by atoms with Gasteiger partial charge in [-0.2, -0.15) is 0 Å². The topological polar surface area (TPSA) is 20.3 Å². The smallest absolute Gasteiger partial charge is 0.254 e. The highest BCUT2D eigenvalue weighted by molar-refractivity contribution is 6.18. The van der Waals surface area contributed by atoms with E-state index in [-0.39, 0.29) is 11.9 Å². The number of likely N-dealkylation sites (tertiary alicyclic amines) is 1. The third kappa shape index (κ3) is 2.81. The summed E-state index contributed by atoms with van der Waals surface area (Å²) in [6.07, 6.45) is 3.29. The van der Waals surface area contributed by atoms with E-state index in [4.69, 9.17) is 11.6 Å². The Labute approximate surface area is 108 Å². The first kappa shape index (κ1) is 12.4. The number of halogens is 1. The summed E-state index contributed by atoms with van der Waals surface area (Å²) in [7, 11) is 0. The maximum Gasteiger partial charge on any atom is 0.254 e. The first-order valence-electron chi connectivity index (χ1n) is 6.16. The average molecular weight is 252 g/mol. The Morgan fingerprint density at radius 2 is 2.06 bits per heavy atom. The van der Waals surface area contributed by atoms with Gasteiger partial charge in [-0.05, 0) is 38.3 Å². The summed E-state index contributed by atoms with van der Waals surface area (Å²) in [4.78, 5) is 14.3. The van der Waals surface area contributed by atoms with Crippen molar-refractivity contribution >= 4 is 17.5 Å². The van der Waals surface area contributed by atoms with Crippen LogP contribution in [0.1, 0.15) is 35.2 Å². The van der Waals surface area contributed by atoms with Crippen molar-refractivity contribution in [2.75, 3.05) is 12.4 Å². The molecule has 2 rings (SSSR count). The van der Waals surface area contributed by atoms with Crippen molar-refractivity contribution in [3.8, 4) is 0 Å². The molecular weight excluding hydrogens is 234 g/mol. The Bertz CT molecular complexity index is 388. The van der Waals surface area contributed by atoms with Crippen molar-refractivity contribution in [3.63, 3.8) is 0 Å². The first-order valence-corrected chi connectivity index (χ1v) is 6.69. The van der Waals surface area contributed by atoms with E-state index in [1.807, 2.05) is 36.1 Å². The summed E-state index contributed by atoms with van der Waals surface area (Å²) in [5.41, 5.74) is 1.95. The molecule has 0 aliphatic carbocycles. The molecule has 1 saturated heterocycles. The Morgan fingerprint density at radius 3 is 2.71 bits per heavy atom. The Kier molecular flexibility index (Phi) is 4.06. The van der Waals surface area contributed by atoms with Gasteiger partial charge in [0.2, 0.25) is 0 Å². The zero-order valence-corrected chi connectivity index (χ0v) is 10.9. The van der Waals surface area contributed by atoms with Crippen LogP contribution < -0.4 is 0 Å². The van der Waals surface area contributed by atoms with Crippen molar-refractivity contribution in [2.24, 2.45) is 0 Å². The molecule has 0 spiro atoms. The van der Waals surface area contributed by atoms with E-state index in [0.29, 0.717) is 5.88 Å². The van der Waals surface area contributed by atoms with E-state index in [2.05, 4.69) is 0 Å². The van der Waals surface area contributed by atoms with E-state index in [1.54, 1.807) is 0 Å². The lowest BCUT2D eigenvalue weighted by Crippen LogP contribution is -2.44. The van der Waals surface area contributed by atoms with Gasteiger partial charge in [-0.15, -0.1) is 11.6 Å². The number of carbonyl (C=O) groups is 1. The zero-order chi connectivity index (χ0) is 12.3. The van der Waals surface area contributed by atoms with Gasteiger partial charge >= 0.3 is 0 Å².